The highest BCUT2D eigenvalue weighted by Gasteiger charge is 2.17. The van der Waals surface area contributed by atoms with Gasteiger partial charge in [-0.25, -0.2) is 8.42 Å². The molecule has 6 nitrogen and oxygen atoms in total. The minimum atomic E-state index is -3.78. The molecule has 146 valence electrons. The van der Waals surface area contributed by atoms with Crippen LogP contribution < -0.4 is 14.8 Å². The van der Waals surface area contributed by atoms with E-state index in [1.54, 1.807) is 12.1 Å². The molecule has 0 saturated heterocycles. The summed E-state index contributed by atoms with van der Waals surface area (Å²) in [6, 6.07) is 10.5. The first-order valence-electron chi connectivity index (χ1n) is 8.54. The van der Waals surface area contributed by atoms with Crippen molar-refractivity contribution in [2.45, 2.75) is 37.6 Å². The highest BCUT2D eigenvalue weighted by molar-refractivity contribution is 7.92. The van der Waals surface area contributed by atoms with E-state index in [0.717, 1.165) is 12.8 Å². The number of halogens is 1. The van der Waals surface area contributed by atoms with Crippen molar-refractivity contribution in [3.63, 3.8) is 0 Å². The van der Waals surface area contributed by atoms with Crippen molar-refractivity contribution in [1.82, 2.24) is 5.32 Å². The molecule has 0 spiro atoms. The number of anilines is 1. The topological polar surface area (TPSA) is 84.5 Å². The summed E-state index contributed by atoms with van der Waals surface area (Å²) in [5.74, 6) is 0.273. The smallest absolute Gasteiger partial charge is 0.261 e. The first-order chi connectivity index (χ1) is 12.8. The molecule has 1 atom stereocenters. The summed E-state index contributed by atoms with van der Waals surface area (Å²) in [6.45, 7) is 3.96. The number of carbonyl (C=O) groups is 1. The van der Waals surface area contributed by atoms with E-state index in [-0.39, 0.29) is 27.6 Å². The van der Waals surface area contributed by atoms with Crippen molar-refractivity contribution >= 4 is 33.2 Å². The Kier molecular flexibility index (Phi) is 7.10. The maximum atomic E-state index is 12.5. The fourth-order valence-corrected chi connectivity index (χ4v) is 3.85. The number of rotatable bonds is 8. The second-order valence-electron chi connectivity index (χ2n) is 6.14. The van der Waals surface area contributed by atoms with Crippen LogP contribution in [0.1, 0.15) is 37.0 Å². The lowest BCUT2D eigenvalue weighted by atomic mass is 10.1. The molecule has 0 aromatic heterocycles. The SMILES string of the molecule is CCCC(C)NC(=O)c1ccc(NS(=O)(=O)c2ccc(OC)cc2)cc1Cl. The molecule has 2 N–H and O–H groups in total. The van der Waals surface area contributed by atoms with Gasteiger partial charge in [-0.15, -0.1) is 0 Å². The molecule has 0 aliphatic heterocycles. The van der Waals surface area contributed by atoms with E-state index in [9.17, 15) is 13.2 Å². The molecule has 1 amide bonds. The Morgan fingerprint density at radius 2 is 1.85 bits per heavy atom. The predicted molar refractivity (Wildman–Crippen MR) is 107 cm³/mol. The third kappa shape index (κ3) is 5.61. The third-order valence-corrected chi connectivity index (χ3v) is 5.64. The van der Waals surface area contributed by atoms with Crippen LogP contribution in [-0.2, 0) is 10.0 Å². The molecule has 2 rings (SSSR count). The Morgan fingerprint density at radius 3 is 2.41 bits per heavy atom. The number of carbonyl (C=O) groups excluding carboxylic acids is 1. The fraction of sp³-hybridized carbons (Fsp3) is 0.316. The van der Waals surface area contributed by atoms with Crippen LogP contribution in [0.4, 0.5) is 5.69 Å². The quantitative estimate of drug-likeness (QED) is 0.687. The number of ether oxygens (including phenoxy) is 1. The molecule has 0 saturated carbocycles. The van der Waals surface area contributed by atoms with E-state index >= 15 is 0 Å². The molecule has 1 unspecified atom stereocenters. The molecule has 2 aromatic carbocycles. The molecule has 0 heterocycles. The Hall–Kier alpha value is -2.25. The van der Waals surface area contributed by atoms with Gasteiger partial charge in [-0.05, 0) is 55.8 Å². The van der Waals surface area contributed by atoms with Crippen molar-refractivity contribution in [1.29, 1.82) is 0 Å². The second kappa shape index (κ2) is 9.10. The van der Waals surface area contributed by atoms with Crippen LogP contribution >= 0.6 is 11.6 Å². The van der Waals surface area contributed by atoms with Gasteiger partial charge >= 0.3 is 0 Å². The van der Waals surface area contributed by atoms with Gasteiger partial charge in [0, 0.05) is 6.04 Å². The number of nitrogens with one attached hydrogen (secondary N) is 2. The van der Waals surface area contributed by atoms with Gasteiger partial charge in [-0.2, -0.15) is 0 Å². The molecule has 0 aliphatic rings. The molecule has 0 aliphatic carbocycles. The predicted octanol–water partition coefficient (Wildman–Crippen LogP) is 4.07. The van der Waals surface area contributed by atoms with Gasteiger partial charge in [0.2, 0.25) is 0 Å². The zero-order valence-electron chi connectivity index (χ0n) is 15.5. The summed E-state index contributed by atoms with van der Waals surface area (Å²) in [5.41, 5.74) is 0.570. The lowest BCUT2D eigenvalue weighted by Gasteiger charge is -2.14. The zero-order chi connectivity index (χ0) is 20.0. The molecular formula is C19H23ClN2O4S. The Balaban J connectivity index is 2.15. The van der Waals surface area contributed by atoms with Gasteiger partial charge in [0.25, 0.3) is 15.9 Å². The van der Waals surface area contributed by atoms with Crippen molar-refractivity contribution in [3.8, 4) is 5.75 Å². The van der Waals surface area contributed by atoms with E-state index in [0.29, 0.717) is 11.3 Å². The average molecular weight is 411 g/mol. The summed E-state index contributed by atoms with van der Waals surface area (Å²) in [7, 11) is -2.27. The molecule has 2 aromatic rings. The van der Waals surface area contributed by atoms with Crippen molar-refractivity contribution < 1.29 is 17.9 Å². The number of benzene rings is 2. The molecule has 27 heavy (non-hydrogen) atoms. The fourth-order valence-electron chi connectivity index (χ4n) is 2.54. The molecular weight excluding hydrogens is 388 g/mol. The van der Waals surface area contributed by atoms with Gasteiger partial charge < -0.3 is 10.1 Å². The number of amides is 1. The van der Waals surface area contributed by atoms with Crippen LogP contribution in [0.15, 0.2) is 47.4 Å². The monoisotopic (exact) mass is 410 g/mol. The van der Waals surface area contributed by atoms with Gasteiger partial charge in [0.05, 0.1) is 28.3 Å². The number of hydrogen-bond donors (Lipinski definition) is 2. The van der Waals surface area contributed by atoms with E-state index in [4.69, 9.17) is 16.3 Å². The number of hydrogen-bond acceptors (Lipinski definition) is 4. The van der Waals surface area contributed by atoms with E-state index in [1.807, 2.05) is 13.8 Å². The van der Waals surface area contributed by atoms with Crippen molar-refractivity contribution in [2.24, 2.45) is 0 Å². The zero-order valence-corrected chi connectivity index (χ0v) is 17.0. The minimum absolute atomic E-state index is 0.0341. The second-order valence-corrected chi connectivity index (χ2v) is 8.23. The highest BCUT2D eigenvalue weighted by atomic mass is 35.5. The van der Waals surface area contributed by atoms with Crippen LogP contribution in [0.2, 0.25) is 5.02 Å². The van der Waals surface area contributed by atoms with Gasteiger partial charge in [-0.3, -0.25) is 9.52 Å². The van der Waals surface area contributed by atoms with Gasteiger partial charge in [0.1, 0.15) is 5.75 Å². The first-order valence-corrected chi connectivity index (χ1v) is 10.4. The average Bonchev–Trinajstić information content (AvgIpc) is 2.61. The molecule has 0 bridgehead atoms. The van der Waals surface area contributed by atoms with Crippen LogP contribution in [0.3, 0.4) is 0 Å². The van der Waals surface area contributed by atoms with Crippen LogP contribution in [-0.4, -0.2) is 27.5 Å². The summed E-state index contributed by atoms with van der Waals surface area (Å²) >= 11 is 6.19. The highest BCUT2D eigenvalue weighted by Crippen LogP contribution is 2.24. The summed E-state index contributed by atoms with van der Waals surface area (Å²) in [5, 5.41) is 3.04. The third-order valence-electron chi connectivity index (χ3n) is 3.93. The Morgan fingerprint density at radius 1 is 1.19 bits per heavy atom. The minimum Gasteiger partial charge on any atom is -0.497 e. The lowest BCUT2D eigenvalue weighted by Crippen LogP contribution is -2.32. The number of methoxy groups -OCH3 is 1. The standard InChI is InChI=1S/C19H23ClN2O4S/c1-4-5-13(2)21-19(23)17-11-6-14(12-18(17)20)22-27(24,25)16-9-7-15(26-3)8-10-16/h6-13,22H,4-5H2,1-3H3,(H,21,23). The van der Waals surface area contributed by atoms with E-state index in [1.165, 1.54) is 37.4 Å². The summed E-state index contributed by atoms with van der Waals surface area (Å²) in [4.78, 5) is 12.4. The Labute approximate surface area is 164 Å². The molecule has 0 radical (unpaired) electrons. The van der Waals surface area contributed by atoms with E-state index in [2.05, 4.69) is 10.0 Å². The number of sulfonamides is 1. The van der Waals surface area contributed by atoms with Crippen molar-refractivity contribution in [2.75, 3.05) is 11.8 Å². The molecule has 8 heteroatoms. The Bertz CT molecular complexity index is 898. The summed E-state index contributed by atoms with van der Waals surface area (Å²) < 4.78 is 32.4. The summed E-state index contributed by atoms with van der Waals surface area (Å²) in [6.07, 6.45) is 1.82. The van der Waals surface area contributed by atoms with Crippen LogP contribution in [0.5, 0.6) is 5.75 Å². The molecule has 0 fully saturated rings. The maximum Gasteiger partial charge on any atom is 0.261 e. The largest absolute Gasteiger partial charge is 0.497 e. The van der Waals surface area contributed by atoms with Crippen LogP contribution in [0.25, 0.3) is 0 Å². The first kappa shape index (κ1) is 21.1. The van der Waals surface area contributed by atoms with E-state index < -0.39 is 10.0 Å². The maximum absolute atomic E-state index is 12.5. The van der Waals surface area contributed by atoms with Crippen molar-refractivity contribution in [3.05, 3.63) is 53.1 Å². The normalized spacial score (nSPS) is 12.3. The van der Waals surface area contributed by atoms with Gasteiger partial charge in [-0.1, -0.05) is 24.9 Å². The van der Waals surface area contributed by atoms with Gasteiger partial charge in [0.15, 0.2) is 0 Å². The van der Waals surface area contributed by atoms with Crippen LogP contribution in [0, 0.1) is 0 Å². The lowest BCUT2D eigenvalue weighted by molar-refractivity contribution is 0.0938.